The normalized spacial score (nSPS) is 11.2. The maximum absolute atomic E-state index is 13.5. The maximum atomic E-state index is 13.5. The Morgan fingerprint density at radius 1 is 1.00 bits per heavy atom. The van der Waals surface area contributed by atoms with Crippen molar-refractivity contribution in [2.45, 2.75) is 6.92 Å². The molecule has 0 aliphatic heterocycles. The molecule has 4 nitrogen and oxygen atoms in total. The zero-order valence-electron chi connectivity index (χ0n) is 16.2. The fraction of sp³-hybridized carbons (Fsp3) is 0.273. The number of hydrogen-bond donors (Lipinski definition) is 0. The average Bonchev–Trinajstić information content (AvgIpc) is 2.66. The van der Waals surface area contributed by atoms with E-state index in [0.717, 1.165) is 34.3 Å². The van der Waals surface area contributed by atoms with Crippen molar-refractivity contribution >= 4 is 16.8 Å². The van der Waals surface area contributed by atoms with Gasteiger partial charge in [-0.15, -0.1) is 0 Å². The summed E-state index contributed by atoms with van der Waals surface area (Å²) in [7, 11) is 5.78. The number of hydrogen-bond acceptors (Lipinski definition) is 3. The monoisotopic (exact) mass is 365 g/mol. The molecule has 0 saturated carbocycles. The van der Waals surface area contributed by atoms with E-state index in [9.17, 15) is 9.18 Å². The minimum Gasteiger partial charge on any atom is -0.340 e. The zero-order valence-corrected chi connectivity index (χ0v) is 16.2. The van der Waals surface area contributed by atoms with Crippen molar-refractivity contribution in [1.82, 2.24) is 14.8 Å². The molecule has 3 rings (SSSR count). The first kappa shape index (κ1) is 19.0. The highest BCUT2D eigenvalue weighted by Crippen LogP contribution is 2.25. The van der Waals surface area contributed by atoms with Gasteiger partial charge in [0, 0.05) is 36.7 Å². The molecule has 27 heavy (non-hydrogen) atoms. The second-order valence-electron chi connectivity index (χ2n) is 7.09. The maximum Gasteiger partial charge on any atom is 0.253 e. The molecule has 0 radical (unpaired) electrons. The van der Waals surface area contributed by atoms with Crippen molar-refractivity contribution in [1.29, 1.82) is 0 Å². The van der Waals surface area contributed by atoms with Crippen LogP contribution in [0.15, 0.2) is 48.5 Å². The van der Waals surface area contributed by atoms with E-state index in [1.165, 1.54) is 12.1 Å². The number of aryl methyl sites for hydroxylation is 1. The third-order valence-corrected chi connectivity index (χ3v) is 4.63. The van der Waals surface area contributed by atoms with Gasteiger partial charge in [-0.3, -0.25) is 4.79 Å². The Hall–Kier alpha value is -2.79. The van der Waals surface area contributed by atoms with Crippen LogP contribution in [0.4, 0.5) is 4.39 Å². The van der Waals surface area contributed by atoms with Crippen LogP contribution in [-0.2, 0) is 0 Å². The molecular weight excluding hydrogens is 341 g/mol. The SMILES string of the molecule is Cc1cc(-c2ccc(C(=O)N(C)CCN(C)C)cc2)nc2ccc(F)cc12. The number of fused-ring (bicyclic) bond motifs is 1. The Morgan fingerprint density at radius 3 is 2.37 bits per heavy atom. The summed E-state index contributed by atoms with van der Waals surface area (Å²) in [6.45, 7) is 3.45. The molecule has 5 heteroatoms. The van der Waals surface area contributed by atoms with E-state index < -0.39 is 0 Å². The van der Waals surface area contributed by atoms with Crippen molar-refractivity contribution < 1.29 is 9.18 Å². The van der Waals surface area contributed by atoms with Crippen molar-refractivity contribution in [3.05, 3.63) is 65.5 Å². The molecule has 0 spiro atoms. The van der Waals surface area contributed by atoms with Gasteiger partial charge in [0.2, 0.25) is 0 Å². The van der Waals surface area contributed by atoms with Crippen molar-refractivity contribution in [2.24, 2.45) is 0 Å². The summed E-state index contributed by atoms with van der Waals surface area (Å²) < 4.78 is 13.5. The summed E-state index contributed by atoms with van der Waals surface area (Å²) >= 11 is 0. The van der Waals surface area contributed by atoms with Gasteiger partial charge in [-0.25, -0.2) is 9.37 Å². The first-order chi connectivity index (χ1) is 12.8. The second-order valence-corrected chi connectivity index (χ2v) is 7.09. The smallest absolute Gasteiger partial charge is 0.253 e. The van der Waals surface area contributed by atoms with Crippen LogP contribution < -0.4 is 0 Å². The first-order valence-corrected chi connectivity index (χ1v) is 8.92. The highest BCUT2D eigenvalue weighted by Gasteiger charge is 2.12. The van der Waals surface area contributed by atoms with Crippen LogP contribution >= 0.6 is 0 Å². The molecule has 0 saturated heterocycles. The predicted molar refractivity (Wildman–Crippen MR) is 107 cm³/mol. The van der Waals surface area contributed by atoms with E-state index in [-0.39, 0.29) is 11.7 Å². The Kier molecular flexibility index (Phi) is 5.51. The molecule has 0 atom stereocenters. The van der Waals surface area contributed by atoms with Gasteiger partial charge in [0.1, 0.15) is 5.82 Å². The topological polar surface area (TPSA) is 36.4 Å². The van der Waals surface area contributed by atoms with Crippen molar-refractivity contribution in [3.63, 3.8) is 0 Å². The Labute approximate surface area is 159 Å². The number of pyridine rings is 1. The standard InChI is InChI=1S/C22H24FN3O/c1-15-13-21(24-20-10-9-18(23)14-19(15)20)16-5-7-17(8-6-16)22(27)26(4)12-11-25(2)3/h5-10,13-14H,11-12H2,1-4H3. The number of benzene rings is 2. The van der Waals surface area contributed by atoms with Crippen LogP contribution in [0.1, 0.15) is 15.9 Å². The van der Waals surface area contributed by atoms with Crippen LogP contribution in [0.5, 0.6) is 0 Å². The Morgan fingerprint density at radius 2 is 1.70 bits per heavy atom. The van der Waals surface area contributed by atoms with Gasteiger partial charge in [-0.05, 0) is 63.0 Å². The van der Waals surface area contributed by atoms with E-state index >= 15 is 0 Å². The fourth-order valence-corrected chi connectivity index (χ4v) is 2.97. The molecule has 0 bridgehead atoms. The molecular formula is C22H24FN3O. The number of carbonyl (C=O) groups excluding carboxylic acids is 1. The van der Waals surface area contributed by atoms with Crippen LogP contribution in [0.2, 0.25) is 0 Å². The highest BCUT2D eigenvalue weighted by atomic mass is 19.1. The van der Waals surface area contributed by atoms with Gasteiger partial charge in [-0.2, -0.15) is 0 Å². The minimum atomic E-state index is -0.263. The van der Waals surface area contributed by atoms with E-state index in [4.69, 9.17) is 0 Å². The molecule has 140 valence electrons. The molecule has 0 fully saturated rings. The zero-order chi connectivity index (χ0) is 19.6. The van der Waals surface area contributed by atoms with Gasteiger partial charge < -0.3 is 9.80 Å². The lowest BCUT2D eigenvalue weighted by molar-refractivity contribution is 0.0786. The fourth-order valence-electron chi connectivity index (χ4n) is 2.97. The number of nitrogens with zero attached hydrogens (tertiary/aromatic N) is 3. The predicted octanol–water partition coefficient (Wildman–Crippen LogP) is 3.98. The lowest BCUT2D eigenvalue weighted by atomic mass is 10.0. The Balaban J connectivity index is 1.84. The molecule has 0 unspecified atom stereocenters. The first-order valence-electron chi connectivity index (χ1n) is 8.92. The molecule has 0 aliphatic rings. The summed E-state index contributed by atoms with van der Waals surface area (Å²) in [5, 5.41) is 0.813. The summed E-state index contributed by atoms with van der Waals surface area (Å²) in [5.74, 6) is -0.261. The molecule has 1 heterocycles. The van der Waals surface area contributed by atoms with Gasteiger partial charge in [0.25, 0.3) is 5.91 Å². The van der Waals surface area contributed by atoms with E-state index in [1.807, 2.05) is 63.3 Å². The van der Waals surface area contributed by atoms with Crippen molar-refractivity contribution in [3.8, 4) is 11.3 Å². The largest absolute Gasteiger partial charge is 0.340 e. The summed E-state index contributed by atoms with van der Waals surface area (Å²) in [5.41, 5.74) is 4.12. The van der Waals surface area contributed by atoms with Gasteiger partial charge in [-0.1, -0.05) is 12.1 Å². The molecule has 3 aromatic rings. The lowest BCUT2D eigenvalue weighted by Crippen LogP contribution is -2.33. The van der Waals surface area contributed by atoms with E-state index in [1.54, 1.807) is 11.0 Å². The number of aromatic nitrogens is 1. The van der Waals surface area contributed by atoms with E-state index in [0.29, 0.717) is 12.1 Å². The number of rotatable bonds is 5. The molecule has 1 aromatic heterocycles. The van der Waals surface area contributed by atoms with E-state index in [2.05, 4.69) is 4.98 Å². The summed E-state index contributed by atoms with van der Waals surface area (Å²) in [6.07, 6.45) is 0. The second kappa shape index (κ2) is 7.84. The van der Waals surface area contributed by atoms with Crippen molar-refractivity contribution in [2.75, 3.05) is 34.2 Å². The quantitative estimate of drug-likeness (QED) is 0.686. The number of halogens is 1. The summed E-state index contributed by atoms with van der Waals surface area (Å²) in [4.78, 5) is 20.9. The number of amides is 1. The third-order valence-electron chi connectivity index (χ3n) is 4.63. The number of likely N-dealkylation sites (N-methyl/N-ethyl adjacent to an activating group) is 2. The lowest BCUT2D eigenvalue weighted by Gasteiger charge is -2.19. The average molecular weight is 365 g/mol. The Bertz CT molecular complexity index is 967. The molecule has 0 N–H and O–H groups in total. The third kappa shape index (κ3) is 4.31. The molecule has 2 aromatic carbocycles. The molecule has 0 aliphatic carbocycles. The van der Waals surface area contributed by atoms with Crippen LogP contribution in [0.25, 0.3) is 22.2 Å². The van der Waals surface area contributed by atoms with Crippen LogP contribution in [0.3, 0.4) is 0 Å². The van der Waals surface area contributed by atoms with Gasteiger partial charge in [0.15, 0.2) is 0 Å². The van der Waals surface area contributed by atoms with Gasteiger partial charge >= 0.3 is 0 Å². The molecule has 1 amide bonds. The highest BCUT2D eigenvalue weighted by molar-refractivity contribution is 5.94. The van der Waals surface area contributed by atoms with Gasteiger partial charge in [0.05, 0.1) is 11.2 Å². The summed E-state index contributed by atoms with van der Waals surface area (Å²) in [6, 6.07) is 14.0. The van der Waals surface area contributed by atoms with Crippen LogP contribution in [0, 0.1) is 12.7 Å². The number of carbonyl (C=O) groups is 1. The minimum absolute atomic E-state index is 0.00141. The van der Waals surface area contributed by atoms with Crippen LogP contribution in [-0.4, -0.2) is 54.9 Å².